The molecule has 0 aromatic heterocycles. The molecule has 0 bridgehead atoms. The van der Waals surface area contributed by atoms with Crippen LogP contribution in [0, 0.1) is 16.0 Å². The van der Waals surface area contributed by atoms with Crippen molar-refractivity contribution < 1.29 is 9.66 Å². The Bertz CT molecular complexity index is 468. The van der Waals surface area contributed by atoms with E-state index in [9.17, 15) is 10.1 Å². The Labute approximate surface area is 112 Å². The van der Waals surface area contributed by atoms with Crippen molar-refractivity contribution in [1.82, 2.24) is 0 Å². The molecular formula is C13H19N3O3. The normalized spacial score (nSPS) is 23.2. The molecule has 1 fully saturated rings. The number of non-ortho nitro benzene ring substituents is 1. The van der Waals surface area contributed by atoms with E-state index in [0.29, 0.717) is 18.2 Å². The molecule has 2 rings (SSSR count). The van der Waals surface area contributed by atoms with Crippen LogP contribution in [0.1, 0.15) is 13.3 Å². The molecule has 1 aliphatic rings. The second kappa shape index (κ2) is 5.44. The molecular weight excluding hydrogens is 246 g/mol. The van der Waals surface area contributed by atoms with Gasteiger partial charge in [0.15, 0.2) is 0 Å². The molecule has 2 unspecified atom stereocenters. The number of nitro benzene ring substituents is 1. The molecule has 6 nitrogen and oxygen atoms in total. The van der Waals surface area contributed by atoms with Crippen molar-refractivity contribution in [2.45, 2.75) is 19.4 Å². The minimum atomic E-state index is -0.403. The van der Waals surface area contributed by atoms with Crippen LogP contribution in [0.4, 0.5) is 11.4 Å². The maximum absolute atomic E-state index is 10.9. The zero-order valence-electron chi connectivity index (χ0n) is 11.2. The molecule has 19 heavy (non-hydrogen) atoms. The first-order valence-electron chi connectivity index (χ1n) is 6.33. The molecule has 2 atom stereocenters. The van der Waals surface area contributed by atoms with Crippen molar-refractivity contribution in [3.8, 4) is 5.75 Å². The summed E-state index contributed by atoms with van der Waals surface area (Å²) in [5.74, 6) is 0.977. The van der Waals surface area contributed by atoms with E-state index in [2.05, 4.69) is 11.8 Å². The number of piperidine rings is 1. The summed E-state index contributed by atoms with van der Waals surface area (Å²) in [6, 6.07) is 4.93. The molecule has 0 spiro atoms. The Morgan fingerprint density at radius 2 is 2.16 bits per heavy atom. The summed E-state index contributed by atoms with van der Waals surface area (Å²) in [6.45, 7) is 3.72. The number of rotatable bonds is 3. The second-order valence-corrected chi connectivity index (χ2v) is 5.15. The third kappa shape index (κ3) is 3.14. The van der Waals surface area contributed by atoms with Gasteiger partial charge in [-0.3, -0.25) is 10.1 Å². The number of nitro groups is 1. The van der Waals surface area contributed by atoms with Crippen molar-refractivity contribution >= 4 is 11.4 Å². The Hall–Kier alpha value is -1.82. The van der Waals surface area contributed by atoms with Crippen LogP contribution >= 0.6 is 0 Å². The van der Waals surface area contributed by atoms with Gasteiger partial charge in [0.25, 0.3) is 5.69 Å². The molecule has 6 heteroatoms. The highest BCUT2D eigenvalue weighted by atomic mass is 16.6. The number of nitrogens with zero attached hydrogens (tertiary/aromatic N) is 2. The van der Waals surface area contributed by atoms with Gasteiger partial charge in [0.1, 0.15) is 5.75 Å². The average molecular weight is 265 g/mol. The Balaban J connectivity index is 2.32. The Kier molecular flexibility index (Phi) is 3.90. The number of hydrogen-bond donors (Lipinski definition) is 1. The lowest BCUT2D eigenvalue weighted by atomic mass is 9.96. The molecule has 0 radical (unpaired) electrons. The van der Waals surface area contributed by atoms with Crippen molar-refractivity contribution in [1.29, 1.82) is 0 Å². The number of benzene rings is 1. The first kappa shape index (κ1) is 13.6. The van der Waals surface area contributed by atoms with E-state index in [0.717, 1.165) is 18.7 Å². The summed E-state index contributed by atoms with van der Waals surface area (Å²) in [5.41, 5.74) is 6.86. The molecule has 1 saturated heterocycles. The highest BCUT2D eigenvalue weighted by molar-refractivity contribution is 5.58. The summed E-state index contributed by atoms with van der Waals surface area (Å²) in [6.07, 6.45) is 0.989. The smallest absolute Gasteiger partial charge is 0.275 e. The van der Waals surface area contributed by atoms with Gasteiger partial charge in [-0.1, -0.05) is 6.92 Å². The number of hydrogen-bond acceptors (Lipinski definition) is 5. The van der Waals surface area contributed by atoms with E-state index in [1.54, 1.807) is 6.07 Å². The SMILES string of the molecule is COc1cc(N2CC(C)CC(N)C2)cc([N+](=O)[O-])c1. The van der Waals surface area contributed by atoms with Gasteiger partial charge in [0.2, 0.25) is 0 Å². The molecule has 1 aromatic rings. The highest BCUT2D eigenvalue weighted by Crippen LogP contribution is 2.30. The second-order valence-electron chi connectivity index (χ2n) is 5.15. The fraction of sp³-hybridized carbons (Fsp3) is 0.538. The fourth-order valence-electron chi connectivity index (χ4n) is 2.58. The molecule has 1 aliphatic heterocycles. The van der Waals surface area contributed by atoms with Gasteiger partial charge in [-0.2, -0.15) is 0 Å². The third-order valence-corrected chi connectivity index (χ3v) is 3.38. The van der Waals surface area contributed by atoms with Crippen molar-refractivity contribution in [3.05, 3.63) is 28.3 Å². The lowest BCUT2D eigenvalue weighted by molar-refractivity contribution is -0.384. The summed E-state index contributed by atoms with van der Waals surface area (Å²) in [4.78, 5) is 12.6. The van der Waals surface area contributed by atoms with Crippen LogP contribution in [-0.2, 0) is 0 Å². The first-order chi connectivity index (χ1) is 8.99. The topological polar surface area (TPSA) is 81.6 Å². The van der Waals surface area contributed by atoms with Crippen LogP contribution in [0.3, 0.4) is 0 Å². The fourth-order valence-corrected chi connectivity index (χ4v) is 2.58. The van der Waals surface area contributed by atoms with Crippen LogP contribution < -0.4 is 15.4 Å². The first-order valence-corrected chi connectivity index (χ1v) is 6.33. The van der Waals surface area contributed by atoms with Crippen LogP contribution in [0.15, 0.2) is 18.2 Å². The van der Waals surface area contributed by atoms with Gasteiger partial charge in [-0.05, 0) is 12.3 Å². The van der Waals surface area contributed by atoms with Crippen LogP contribution in [-0.4, -0.2) is 31.2 Å². The van der Waals surface area contributed by atoms with E-state index in [1.165, 1.54) is 13.2 Å². The highest BCUT2D eigenvalue weighted by Gasteiger charge is 2.24. The molecule has 0 saturated carbocycles. The van der Waals surface area contributed by atoms with E-state index in [-0.39, 0.29) is 11.7 Å². The van der Waals surface area contributed by atoms with Crippen molar-refractivity contribution in [3.63, 3.8) is 0 Å². The van der Waals surface area contributed by atoms with Crippen molar-refractivity contribution in [2.75, 3.05) is 25.1 Å². The average Bonchev–Trinajstić information content (AvgIpc) is 2.37. The Morgan fingerprint density at radius 3 is 2.74 bits per heavy atom. The number of ether oxygens (including phenoxy) is 1. The van der Waals surface area contributed by atoms with Gasteiger partial charge in [-0.15, -0.1) is 0 Å². The maximum Gasteiger partial charge on any atom is 0.275 e. The van der Waals surface area contributed by atoms with Gasteiger partial charge < -0.3 is 15.4 Å². The van der Waals surface area contributed by atoms with Gasteiger partial charge in [0, 0.05) is 37.0 Å². The third-order valence-electron chi connectivity index (χ3n) is 3.38. The number of methoxy groups -OCH3 is 1. The minimum absolute atomic E-state index is 0.0427. The maximum atomic E-state index is 10.9. The number of anilines is 1. The zero-order chi connectivity index (χ0) is 14.0. The molecule has 104 valence electrons. The Morgan fingerprint density at radius 1 is 1.42 bits per heavy atom. The molecule has 0 aliphatic carbocycles. The van der Waals surface area contributed by atoms with Crippen LogP contribution in [0.25, 0.3) is 0 Å². The summed E-state index contributed by atoms with van der Waals surface area (Å²) in [7, 11) is 1.51. The summed E-state index contributed by atoms with van der Waals surface area (Å²) in [5, 5.41) is 10.9. The van der Waals surface area contributed by atoms with E-state index in [1.807, 2.05) is 6.07 Å². The standard InChI is InChI=1S/C13H19N3O3/c1-9-3-10(14)8-15(7-9)11-4-12(16(17)18)6-13(5-11)19-2/h4-6,9-10H,3,7-8,14H2,1-2H3. The predicted molar refractivity (Wildman–Crippen MR) is 73.6 cm³/mol. The zero-order valence-corrected chi connectivity index (χ0v) is 11.2. The monoisotopic (exact) mass is 265 g/mol. The minimum Gasteiger partial charge on any atom is -0.496 e. The summed E-state index contributed by atoms with van der Waals surface area (Å²) >= 11 is 0. The molecule has 1 aromatic carbocycles. The van der Waals surface area contributed by atoms with Gasteiger partial charge >= 0.3 is 0 Å². The van der Waals surface area contributed by atoms with E-state index < -0.39 is 4.92 Å². The predicted octanol–water partition coefficient (Wildman–Crippen LogP) is 1.78. The number of nitrogens with two attached hydrogens (primary N) is 1. The van der Waals surface area contributed by atoms with Crippen LogP contribution in [0.5, 0.6) is 5.75 Å². The summed E-state index contributed by atoms with van der Waals surface area (Å²) < 4.78 is 5.13. The van der Waals surface area contributed by atoms with Crippen molar-refractivity contribution in [2.24, 2.45) is 11.7 Å². The molecule has 1 heterocycles. The van der Waals surface area contributed by atoms with E-state index in [4.69, 9.17) is 10.5 Å². The van der Waals surface area contributed by atoms with E-state index >= 15 is 0 Å². The van der Waals surface area contributed by atoms with Crippen LogP contribution in [0.2, 0.25) is 0 Å². The largest absolute Gasteiger partial charge is 0.496 e. The molecule has 0 amide bonds. The lowest BCUT2D eigenvalue weighted by Gasteiger charge is -2.36. The lowest BCUT2D eigenvalue weighted by Crippen LogP contribution is -2.46. The van der Waals surface area contributed by atoms with Gasteiger partial charge in [0.05, 0.1) is 18.1 Å². The van der Waals surface area contributed by atoms with Gasteiger partial charge in [-0.25, -0.2) is 0 Å². The molecule has 2 N–H and O–H groups in total. The quantitative estimate of drug-likeness (QED) is 0.665.